The number of pyridine rings is 2. The number of ether oxygens (including phenoxy) is 6. The van der Waals surface area contributed by atoms with Crippen LogP contribution >= 0.6 is 0 Å². The Kier molecular flexibility index (Phi) is 43.2. The van der Waals surface area contributed by atoms with Crippen molar-refractivity contribution in [2.75, 3.05) is 39.6 Å². The molecule has 0 aliphatic carbocycles. The fourth-order valence-electron chi connectivity index (χ4n) is 11.5. The molecule has 0 radical (unpaired) electrons. The van der Waals surface area contributed by atoms with Crippen LogP contribution in [-0.2, 0) is 0 Å². The predicted molar refractivity (Wildman–Crippen MR) is 388 cm³/mol. The Labute approximate surface area is 558 Å². The molecule has 5 aromatic rings. The standard InChI is InChI=1S/C80H126N6O6/c1-7-13-19-25-31-37-43-49-87-71-55-67-63-81-73-59-77(89-51-45-39-33-27-21-15-9-3)79(91-53-47-41-35-29-23-17-11-5)61-75(73)83-65-69-57-72(88-50-44-38-32-26-20-14-8-2)58-70(86-69)66-84-76-62-80(92-54-48-42-36-30-24-18-12-6)78(60-74(76)82-64-68(56-71)85-67)90-52-46-40-34-28-22-16-10-4/h55-66H,7-54H2,1-6H3. The Morgan fingerprint density at radius 3 is 0.576 bits per heavy atom. The minimum Gasteiger partial charge on any atom is -0.493 e. The third kappa shape index (κ3) is 34.4. The number of rotatable bonds is 54. The highest BCUT2D eigenvalue weighted by Crippen LogP contribution is 2.34. The van der Waals surface area contributed by atoms with Crippen molar-refractivity contribution in [1.29, 1.82) is 0 Å². The second kappa shape index (κ2) is 51.6. The fourth-order valence-corrected chi connectivity index (χ4v) is 11.5. The van der Waals surface area contributed by atoms with Crippen LogP contribution in [0.5, 0.6) is 34.5 Å². The van der Waals surface area contributed by atoms with Gasteiger partial charge < -0.3 is 28.4 Å². The highest BCUT2D eigenvalue weighted by Gasteiger charge is 2.13. The van der Waals surface area contributed by atoms with Crippen molar-refractivity contribution in [2.45, 2.75) is 311 Å². The van der Waals surface area contributed by atoms with Crippen LogP contribution in [0.15, 0.2) is 73.3 Å². The molecule has 0 N–H and O–H groups in total. The Balaban J connectivity index is 1.71. The molecule has 3 aromatic heterocycles. The Morgan fingerprint density at radius 2 is 0.380 bits per heavy atom. The van der Waals surface area contributed by atoms with Gasteiger partial charge in [-0.05, 0) is 38.5 Å². The summed E-state index contributed by atoms with van der Waals surface area (Å²) < 4.78 is 39.8. The van der Waals surface area contributed by atoms with Crippen molar-refractivity contribution in [2.24, 2.45) is 0 Å². The average Bonchev–Trinajstić information content (AvgIpc) is 1.44. The summed E-state index contributed by atoms with van der Waals surface area (Å²) in [7, 11) is 0. The molecular formula is C80H126N6O6. The third-order valence-electron chi connectivity index (χ3n) is 17.2. The maximum atomic E-state index is 6.68. The van der Waals surface area contributed by atoms with Crippen LogP contribution in [0.3, 0.4) is 0 Å². The highest BCUT2D eigenvalue weighted by molar-refractivity contribution is 5.80. The quantitative estimate of drug-likeness (QED) is 0.0343. The van der Waals surface area contributed by atoms with Crippen molar-refractivity contribution in [3.63, 3.8) is 0 Å². The summed E-state index contributed by atoms with van der Waals surface area (Å²) in [6.45, 7) is 17.1. The van der Waals surface area contributed by atoms with Gasteiger partial charge in [0.2, 0.25) is 0 Å². The van der Waals surface area contributed by atoms with E-state index in [1.54, 1.807) is 24.8 Å². The zero-order chi connectivity index (χ0) is 65.0. The molecule has 512 valence electrons. The summed E-state index contributed by atoms with van der Waals surface area (Å²) in [5.41, 5.74) is 4.93. The van der Waals surface area contributed by atoms with Gasteiger partial charge in [0.1, 0.15) is 11.5 Å². The van der Waals surface area contributed by atoms with Gasteiger partial charge in [0.15, 0.2) is 23.0 Å². The van der Waals surface area contributed by atoms with Gasteiger partial charge in [-0.1, -0.05) is 273 Å². The minimum atomic E-state index is 0.582. The summed E-state index contributed by atoms with van der Waals surface area (Å²) in [5.74, 6) is 4.05. The monoisotopic (exact) mass is 1270 g/mol. The Hall–Kier alpha value is -5.78. The second-order valence-corrected chi connectivity index (χ2v) is 25.7. The molecule has 0 amide bonds. The van der Waals surface area contributed by atoms with Gasteiger partial charge in [0.05, 0.1) is 109 Å². The lowest BCUT2D eigenvalue weighted by atomic mass is 10.1. The van der Waals surface area contributed by atoms with Crippen molar-refractivity contribution in [3.05, 3.63) is 73.3 Å². The molecule has 0 atom stereocenters. The van der Waals surface area contributed by atoms with E-state index in [1.807, 2.05) is 48.5 Å². The molecule has 12 heteroatoms. The number of benzene rings is 2. The maximum absolute atomic E-state index is 6.68. The summed E-state index contributed by atoms with van der Waals surface area (Å²) in [5, 5.41) is 0. The molecule has 2 aromatic carbocycles. The SMILES string of the molecule is CCCCCCCCCOc1cc2cnc3cc(OCCCCCCCCC)c(OCCCCCCCCC)cc3ncc3cc(OCCCCCCCCC)cc(cnc4cc(OCCCCCCCCC)c(OCCCCCCCCC)cc4ncc(c1)n2)n3. The molecule has 0 spiro atoms. The van der Waals surface area contributed by atoms with E-state index in [9.17, 15) is 0 Å². The van der Waals surface area contributed by atoms with Gasteiger partial charge in [0, 0.05) is 48.5 Å². The van der Waals surface area contributed by atoms with Gasteiger partial charge in [-0.25, -0.2) is 9.97 Å². The first-order valence-corrected chi connectivity index (χ1v) is 37.8. The van der Waals surface area contributed by atoms with Gasteiger partial charge in [-0.3, -0.25) is 19.9 Å². The van der Waals surface area contributed by atoms with Crippen LogP contribution < -0.4 is 28.4 Å². The third-order valence-corrected chi connectivity index (χ3v) is 17.2. The van der Waals surface area contributed by atoms with E-state index >= 15 is 0 Å². The number of hydrogen-bond acceptors (Lipinski definition) is 12. The number of hydrogen-bond donors (Lipinski definition) is 0. The lowest BCUT2D eigenvalue weighted by Crippen LogP contribution is -2.03. The topological polar surface area (TPSA) is 133 Å². The summed E-state index contributed by atoms with van der Waals surface area (Å²) in [6, 6.07) is 15.8. The van der Waals surface area contributed by atoms with Gasteiger partial charge in [-0.15, -0.1) is 0 Å². The predicted octanol–water partition coefficient (Wildman–Crippen LogP) is 24.3. The van der Waals surface area contributed by atoms with Crippen molar-refractivity contribution < 1.29 is 28.4 Å². The highest BCUT2D eigenvalue weighted by atomic mass is 16.5. The van der Waals surface area contributed by atoms with E-state index in [0.29, 0.717) is 118 Å². The maximum Gasteiger partial charge on any atom is 0.163 e. The van der Waals surface area contributed by atoms with E-state index in [4.69, 9.17) is 58.3 Å². The van der Waals surface area contributed by atoms with Crippen LogP contribution in [0.4, 0.5) is 0 Å². The van der Waals surface area contributed by atoms with E-state index < -0.39 is 0 Å². The van der Waals surface area contributed by atoms with Gasteiger partial charge >= 0.3 is 0 Å². The normalized spacial score (nSPS) is 11.3. The first-order valence-electron chi connectivity index (χ1n) is 37.8. The molecule has 4 bridgehead atoms. The molecule has 3 heterocycles. The van der Waals surface area contributed by atoms with Crippen LogP contribution in [0.1, 0.15) is 311 Å². The minimum absolute atomic E-state index is 0.582. The Morgan fingerprint density at radius 1 is 0.207 bits per heavy atom. The zero-order valence-electron chi connectivity index (χ0n) is 59.0. The average molecular weight is 1270 g/mol. The summed E-state index contributed by atoms with van der Waals surface area (Å²) >= 11 is 0. The lowest BCUT2D eigenvalue weighted by Gasteiger charge is -2.14. The lowest BCUT2D eigenvalue weighted by molar-refractivity contribution is 0.259. The fraction of sp³-hybridized carbons (Fsp3) is 0.675. The van der Waals surface area contributed by atoms with Crippen LogP contribution in [-0.4, -0.2) is 69.5 Å². The van der Waals surface area contributed by atoms with Crippen molar-refractivity contribution in [1.82, 2.24) is 29.9 Å². The van der Waals surface area contributed by atoms with E-state index in [0.717, 1.165) is 77.0 Å². The molecule has 0 saturated carbocycles. The largest absolute Gasteiger partial charge is 0.493 e. The van der Waals surface area contributed by atoms with E-state index in [-0.39, 0.29) is 0 Å². The number of unbranched alkanes of at least 4 members (excludes halogenated alkanes) is 36. The van der Waals surface area contributed by atoms with E-state index in [1.165, 1.54) is 193 Å². The first kappa shape index (κ1) is 76.9. The second-order valence-electron chi connectivity index (χ2n) is 25.7. The summed E-state index contributed by atoms with van der Waals surface area (Å²) in [4.78, 5) is 31.1. The Bertz CT molecular complexity index is 2530. The number of aromatic nitrogens is 6. The number of fused-ring (bicyclic) bond motifs is 6. The molecule has 0 aliphatic rings. The molecular weight excluding hydrogens is 1140 g/mol. The molecule has 0 unspecified atom stereocenters. The molecule has 12 nitrogen and oxygen atoms in total. The van der Waals surface area contributed by atoms with Gasteiger partial charge in [-0.2, -0.15) is 0 Å². The number of nitrogens with zero attached hydrogens (tertiary/aromatic N) is 6. The van der Waals surface area contributed by atoms with Crippen molar-refractivity contribution in [3.8, 4) is 34.5 Å². The molecule has 0 saturated heterocycles. The smallest absolute Gasteiger partial charge is 0.163 e. The van der Waals surface area contributed by atoms with Gasteiger partial charge in [0.25, 0.3) is 0 Å². The van der Waals surface area contributed by atoms with Crippen LogP contribution in [0.2, 0.25) is 0 Å². The zero-order valence-corrected chi connectivity index (χ0v) is 59.0. The van der Waals surface area contributed by atoms with Crippen LogP contribution in [0, 0.1) is 0 Å². The van der Waals surface area contributed by atoms with Crippen molar-refractivity contribution >= 4 is 44.1 Å². The molecule has 92 heavy (non-hydrogen) atoms. The molecule has 5 rings (SSSR count). The molecule has 0 aliphatic heterocycles. The summed E-state index contributed by atoms with van der Waals surface area (Å²) in [6.07, 6.45) is 57.5. The first-order chi connectivity index (χ1) is 45.5. The van der Waals surface area contributed by atoms with E-state index in [2.05, 4.69) is 41.5 Å². The molecule has 0 fully saturated rings. The van der Waals surface area contributed by atoms with Crippen LogP contribution in [0.25, 0.3) is 44.1 Å².